The molecule has 0 heterocycles. The SMILES string of the molecule is COc1ccccc1C=Nc1ccc(/C=C/c2ccccc2)cc1. The van der Waals surface area contributed by atoms with Gasteiger partial charge in [0.15, 0.2) is 0 Å². The molecule has 0 radical (unpaired) electrons. The fourth-order valence-electron chi connectivity index (χ4n) is 2.35. The van der Waals surface area contributed by atoms with Crippen molar-refractivity contribution < 1.29 is 4.74 Å². The standard InChI is InChI=1S/C22H19NO/c1-24-22-10-6-5-9-20(22)17-23-21-15-13-19(14-16-21)12-11-18-7-3-2-4-8-18/h2-17H,1H3/b12-11+,23-17?. The van der Waals surface area contributed by atoms with Crippen LogP contribution in [0.3, 0.4) is 0 Å². The minimum atomic E-state index is 0.823. The quantitative estimate of drug-likeness (QED) is 0.443. The maximum Gasteiger partial charge on any atom is 0.127 e. The molecule has 0 bridgehead atoms. The summed E-state index contributed by atoms with van der Waals surface area (Å²) < 4.78 is 5.33. The lowest BCUT2D eigenvalue weighted by Crippen LogP contribution is -1.89. The number of nitrogens with zero attached hydrogens (tertiary/aromatic N) is 1. The summed E-state index contributed by atoms with van der Waals surface area (Å²) in [6, 6.07) is 26.3. The summed E-state index contributed by atoms with van der Waals surface area (Å²) in [4.78, 5) is 4.52. The van der Waals surface area contributed by atoms with Crippen molar-refractivity contribution in [2.45, 2.75) is 0 Å². The molecule has 3 aromatic rings. The molecule has 118 valence electrons. The first-order valence-electron chi connectivity index (χ1n) is 7.85. The molecule has 0 aromatic heterocycles. The van der Waals surface area contributed by atoms with Gasteiger partial charge in [0, 0.05) is 11.8 Å². The van der Waals surface area contributed by atoms with Crippen LogP contribution < -0.4 is 4.74 Å². The molecule has 0 aliphatic heterocycles. The lowest BCUT2D eigenvalue weighted by Gasteiger charge is -2.03. The van der Waals surface area contributed by atoms with E-state index >= 15 is 0 Å². The lowest BCUT2D eigenvalue weighted by atomic mass is 10.1. The number of hydrogen-bond acceptors (Lipinski definition) is 2. The lowest BCUT2D eigenvalue weighted by molar-refractivity contribution is 0.414. The average Bonchev–Trinajstić information content (AvgIpc) is 2.66. The summed E-state index contributed by atoms with van der Waals surface area (Å²) in [5.41, 5.74) is 4.22. The van der Waals surface area contributed by atoms with Crippen molar-refractivity contribution in [3.05, 3.63) is 95.6 Å². The highest BCUT2D eigenvalue weighted by atomic mass is 16.5. The van der Waals surface area contributed by atoms with Gasteiger partial charge in [0.1, 0.15) is 5.75 Å². The van der Waals surface area contributed by atoms with E-state index in [2.05, 4.69) is 41.4 Å². The minimum Gasteiger partial charge on any atom is -0.496 e. The van der Waals surface area contributed by atoms with Crippen LogP contribution in [0, 0.1) is 0 Å². The van der Waals surface area contributed by atoms with Gasteiger partial charge in [-0.1, -0.05) is 66.7 Å². The molecule has 0 spiro atoms. The zero-order chi connectivity index (χ0) is 16.6. The maximum absolute atomic E-state index is 5.33. The Bertz CT molecular complexity index is 833. The fourth-order valence-corrected chi connectivity index (χ4v) is 2.35. The first-order valence-corrected chi connectivity index (χ1v) is 7.85. The predicted molar refractivity (Wildman–Crippen MR) is 102 cm³/mol. The number of para-hydroxylation sites is 1. The van der Waals surface area contributed by atoms with Crippen molar-refractivity contribution in [2.24, 2.45) is 4.99 Å². The Morgan fingerprint density at radius 2 is 1.33 bits per heavy atom. The molecule has 0 fully saturated rings. The zero-order valence-corrected chi connectivity index (χ0v) is 13.6. The second-order valence-corrected chi connectivity index (χ2v) is 5.34. The number of hydrogen-bond donors (Lipinski definition) is 0. The minimum absolute atomic E-state index is 0.823. The first kappa shape index (κ1) is 15.8. The van der Waals surface area contributed by atoms with Gasteiger partial charge in [0.25, 0.3) is 0 Å². The molecule has 0 saturated heterocycles. The number of aliphatic imine (C=N–C) groups is 1. The van der Waals surface area contributed by atoms with Gasteiger partial charge in [-0.2, -0.15) is 0 Å². The summed E-state index contributed by atoms with van der Waals surface area (Å²) >= 11 is 0. The number of ether oxygens (including phenoxy) is 1. The van der Waals surface area contributed by atoms with Crippen LogP contribution in [0.4, 0.5) is 5.69 Å². The van der Waals surface area contributed by atoms with E-state index in [0.717, 1.165) is 22.6 Å². The number of benzene rings is 3. The predicted octanol–water partition coefficient (Wildman–Crippen LogP) is 5.62. The van der Waals surface area contributed by atoms with Crippen LogP contribution in [-0.2, 0) is 0 Å². The van der Waals surface area contributed by atoms with Crippen LogP contribution in [0.2, 0.25) is 0 Å². The van der Waals surface area contributed by atoms with Crippen LogP contribution in [0.15, 0.2) is 83.9 Å². The Balaban J connectivity index is 1.70. The number of methoxy groups -OCH3 is 1. The van der Waals surface area contributed by atoms with Crippen molar-refractivity contribution in [3.8, 4) is 5.75 Å². The van der Waals surface area contributed by atoms with E-state index in [1.54, 1.807) is 7.11 Å². The van der Waals surface area contributed by atoms with Gasteiger partial charge < -0.3 is 4.74 Å². The van der Waals surface area contributed by atoms with Gasteiger partial charge in [0.2, 0.25) is 0 Å². The Morgan fingerprint density at radius 1 is 0.708 bits per heavy atom. The molecule has 0 atom stereocenters. The second kappa shape index (κ2) is 7.93. The molecule has 24 heavy (non-hydrogen) atoms. The molecule has 3 aromatic carbocycles. The van der Waals surface area contributed by atoms with Crippen molar-refractivity contribution >= 4 is 24.1 Å². The van der Waals surface area contributed by atoms with Gasteiger partial charge in [0.05, 0.1) is 12.8 Å². The first-order chi connectivity index (χ1) is 11.8. The highest BCUT2D eigenvalue weighted by Crippen LogP contribution is 2.18. The number of rotatable bonds is 5. The molecule has 0 saturated carbocycles. The van der Waals surface area contributed by atoms with Crippen LogP contribution in [0.25, 0.3) is 12.2 Å². The molecule has 3 rings (SSSR count). The molecule has 2 heteroatoms. The molecule has 2 nitrogen and oxygen atoms in total. The van der Waals surface area contributed by atoms with E-state index in [4.69, 9.17) is 4.74 Å². The van der Waals surface area contributed by atoms with Crippen molar-refractivity contribution in [2.75, 3.05) is 7.11 Å². The van der Waals surface area contributed by atoms with E-state index in [0.29, 0.717) is 0 Å². The van der Waals surface area contributed by atoms with E-state index in [1.165, 1.54) is 5.56 Å². The van der Waals surface area contributed by atoms with Crippen LogP contribution in [-0.4, -0.2) is 13.3 Å². The van der Waals surface area contributed by atoms with E-state index in [1.807, 2.05) is 60.8 Å². The largest absolute Gasteiger partial charge is 0.496 e. The van der Waals surface area contributed by atoms with Crippen molar-refractivity contribution in [1.29, 1.82) is 0 Å². The van der Waals surface area contributed by atoms with Crippen LogP contribution in [0.5, 0.6) is 5.75 Å². The third-order valence-electron chi connectivity index (χ3n) is 3.65. The van der Waals surface area contributed by atoms with Gasteiger partial charge in [-0.3, -0.25) is 4.99 Å². The summed E-state index contributed by atoms with van der Waals surface area (Å²) in [5, 5.41) is 0. The van der Waals surface area contributed by atoms with Crippen molar-refractivity contribution in [3.63, 3.8) is 0 Å². The Morgan fingerprint density at radius 3 is 2.04 bits per heavy atom. The summed E-state index contributed by atoms with van der Waals surface area (Å²) in [6.45, 7) is 0. The monoisotopic (exact) mass is 313 g/mol. The van der Waals surface area contributed by atoms with E-state index < -0.39 is 0 Å². The molecule has 0 N–H and O–H groups in total. The fraction of sp³-hybridized carbons (Fsp3) is 0.0455. The highest BCUT2D eigenvalue weighted by Gasteiger charge is 1.97. The maximum atomic E-state index is 5.33. The summed E-state index contributed by atoms with van der Waals surface area (Å²) in [5.74, 6) is 0.823. The molecule has 0 aliphatic carbocycles. The van der Waals surface area contributed by atoms with Crippen LogP contribution >= 0.6 is 0 Å². The molecule has 0 amide bonds. The van der Waals surface area contributed by atoms with Gasteiger partial charge in [-0.25, -0.2) is 0 Å². The van der Waals surface area contributed by atoms with Gasteiger partial charge >= 0.3 is 0 Å². The van der Waals surface area contributed by atoms with Crippen LogP contribution in [0.1, 0.15) is 16.7 Å². The van der Waals surface area contributed by atoms with Gasteiger partial charge in [-0.15, -0.1) is 0 Å². The Hall–Kier alpha value is -3.13. The Labute approximate surface area is 142 Å². The smallest absolute Gasteiger partial charge is 0.127 e. The molecule has 0 unspecified atom stereocenters. The normalized spacial score (nSPS) is 11.2. The van der Waals surface area contributed by atoms with Gasteiger partial charge in [-0.05, 0) is 35.4 Å². The summed E-state index contributed by atoms with van der Waals surface area (Å²) in [6.07, 6.45) is 6.03. The summed E-state index contributed by atoms with van der Waals surface area (Å²) in [7, 11) is 1.67. The highest BCUT2D eigenvalue weighted by molar-refractivity contribution is 5.85. The van der Waals surface area contributed by atoms with E-state index in [-0.39, 0.29) is 0 Å². The third-order valence-corrected chi connectivity index (χ3v) is 3.65. The zero-order valence-electron chi connectivity index (χ0n) is 13.6. The average molecular weight is 313 g/mol. The van der Waals surface area contributed by atoms with Crippen molar-refractivity contribution in [1.82, 2.24) is 0 Å². The second-order valence-electron chi connectivity index (χ2n) is 5.34. The molecular formula is C22H19NO. The topological polar surface area (TPSA) is 21.6 Å². The Kier molecular flexibility index (Phi) is 5.21. The third kappa shape index (κ3) is 4.20. The van der Waals surface area contributed by atoms with E-state index in [9.17, 15) is 0 Å². The molecule has 0 aliphatic rings. The molecular weight excluding hydrogens is 294 g/mol.